The van der Waals surface area contributed by atoms with E-state index in [0.29, 0.717) is 0 Å². The van der Waals surface area contributed by atoms with Gasteiger partial charge >= 0.3 is 0 Å². The quantitative estimate of drug-likeness (QED) is 0.943. The molecule has 0 fully saturated rings. The summed E-state index contributed by atoms with van der Waals surface area (Å²) in [5.41, 5.74) is 9.64. The first-order valence-corrected chi connectivity index (χ1v) is 7.29. The molecule has 1 aromatic heterocycles. The van der Waals surface area contributed by atoms with Gasteiger partial charge in [-0.1, -0.05) is 15.9 Å². The van der Waals surface area contributed by atoms with Crippen LogP contribution in [0.3, 0.4) is 0 Å². The third-order valence-electron chi connectivity index (χ3n) is 3.50. The Balaban J connectivity index is 1.98. The number of ether oxygens (including phenoxy) is 1. The predicted octanol–water partition coefficient (Wildman–Crippen LogP) is 3.25. The molecule has 19 heavy (non-hydrogen) atoms. The lowest BCUT2D eigenvalue weighted by Crippen LogP contribution is -2.12. The number of rotatable bonds is 3. The van der Waals surface area contributed by atoms with Crippen molar-refractivity contribution < 1.29 is 4.74 Å². The summed E-state index contributed by atoms with van der Waals surface area (Å²) in [7, 11) is 0. The number of aromatic nitrogens is 1. The molecule has 0 spiro atoms. The fourth-order valence-corrected chi connectivity index (χ4v) is 3.18. The van der Waals surface area contributed by atoms with Gasteiger partial charge in [0.05, 0.1) is 13.2 Å². The molecule has 4 heteroatoms. The van der Waals surface area contributed by atoms with Crippen molar-refractivity contribution in [3.63, 3.8) is 0 Å². The summed E-state index contributed by atoms with van der Waals surface area (Å²) in [4.78, 5) is 0. The van der Waals surface area contributed by atoms with Crippen LogP contribution >= 0.6 is 15.9 Å². The molecule has 1 aliphatic rings. The number of hydrogen-bond donors (Lipinski definition) is 1. The lowest BCUT2D eigenvalue weighted by molar-refractivity contribution is 0.352. The number of fused-ring (bicyclic) bond motifs is 1. The van der Waals surface area contributed by atoms with E-state index in [-0.39, 0.29) is 6.04 Å². The molecule has 100 valence electrons. The molecule has 0 aliphatic carbocycles. The van der Waals surface area contributed by atoms with Gasteiger partial charge in [-0.15, -0.1) is 0 Å². The third kappa shape index (κ3) is 2.42. The average molecular weight is 321 g/mol. The molecule has 3 nitrogen and oxygen atoms in total. The Bertz CT molecular complexity index is 604. The molecule has 0 saturated heterocycles. The van der Waals surface area contributed by atoms with Crippen molar-refractivity contribution in [2.75, 3.05) is 6.61 Å². The van der Waals surface area contributed by atoms with Crippen LogP contribution in [-0.2, 0) is 13.0 Å². The average Bonchev–Trinajstić information content (AvgIpc) is 2.96. The highest BCUT2D eigenvalue weighted by molar-refractivity contribution is 9.10. The Kier molecular flexibility index (Phi) is 3.37. The number of nitrogens with two attached hydrogens (primary N) is 1. The van der Waals surface area contributed by atoms with E-state index in [2.05, 4.69) is 44.9 Å². The second kappa shape index (κ2) is 5.02. The highest BCUT2D eigenvalue weighted by Gasteiger charge is 2.18. The van der Waals surface area contributed by atoms with Crippen LogP contribution in [-0.4, -0.2) is 11.2 Å². The van der Waals surface area contributed by atoms with Crippen molar-refractivity contribution in [3.8, 4) is 5.75 Å². The molecule has 1 unspecified atom stereocenters. The zero-order chi connectivity index (χ0) is 13.4. The third-order valence-corrected chi connectivity index (χ3v) is 3.96. The number of nitrogens with zero attached hydrogens (tertiary/aromatic N) is 1. The van der Waals surface area contributed by atoms with E-state index in [9.17, 15) is 0 Å². The van der Waals surface area contributed by atoms with E-state index in [1.807, 2.05) is 13.0 Å². The van der Waals surface area contributed by atoms with Crippen LogP contribution in [0.2, 0.25) is 0 Å². The van der Waals surface area contributed by atoms with Crippen LogP contribution < -0.4 is 10.5 Å². The first-order valence-electron chi connectivity index (χ1n) is 6.50. The van der Waals surface area contributed by atoms with E-state index in [1.165, 1.54) is 11.1 Å². The van der Waals surface area contributed by atoms with Gasteiger partial charge in [-0.2, -0.15) is 0 Å². The van der Waals surface area contributed by atoms with E-state index in [0.717, 1.165) is 35.5 Å². The van der Waals surface area contributed by atoms with E-state index < -0.39 is 0 Å². The lowest BCUT2D eigenvalue weighted by atomic mass is 10.1. The van der Waals surface area contributed by atoms with Crippen molar-refractivity contribution in [1.82, 2.24) is 4.57 Å². The normalized spacial score (nSPS) is 15.1. The van der Waals surface area contributed by atoms with Crippen LogP contribution in [0.5, 0.6) is 5.75 Å². The smallest absolute Gasteiger partial charge is 0.127 e. The van der Waals surface area contributed by atoms with Crippen LogP contribution in [0, 0.1) is 0 Å². The zero-order valence-corrected chi connectivity index (χ0v) is 12.5. The van der Waals surface area contributed by atoms with Gasteiger partial charge in [-0.05, 0) is 36.8 Å². The standard InChI is InChI=1S/C15H17BrN2O/c1-10(17)14-3-2-5-18(14)9-12-8-13(16)7-11-4-6-19-15(11)12/h2-3,5,7-8,10H,4,6,9,17H2,1H3. The van der Waals surface area contributed by atoms with Crippen LogP contribution in [0.1, 0.15) is 29.8 Å². The maximum Gasteiger partial charge on any atom is 0.127 e. The monoisotopic (exact) mass is 320 g/mol. The van der Waals surface area contributed by atoms with E-state index in [4.69, 9.17) is 10.5 Å². The molecule has 0 radical (unpaired) electrons. The van der Waals surface area contributed by atoms with Gasteiger partial charge in [0.1, 0.15) is 5.75 Å². The second-order valence-corrected chi connectivity index (χ2v) is 5.92. The molecule has 1 atom stereocenters. The largest absolute Gasteiger partial charge is 0.493 e. The summed E-state index contributed by atoms with van der Waals surface area (Å²) >= 11 is 3.58. The molecular formula is C15H17BrN2O. The summed E-state index contributed by atoms with van der Waals surface area (Å²) in [5.74, 6) is 1.05. The van der Waals surface area contributed by atoms with Gasteiger partial charge in [-0.25, -0.2) is 0 Å². The first-order chi connectivity index (χ1) is 9.15. The summed E-state index contributed by atoms with van der Waals surface area (Å²) < 4.78 is 9.07. The first kappa shape index (κ1) is 12.8. The van der Waals surface area contributed by atoms with Crippen molar-refractivity contribution in [2.45, 2.75) is 25.9 Å². The van der Waals surface area contributed by atoms with Crippen molar-refractivity contribution in [1.29, 1.82) is 0 Å². The van der Waals surface area contributed by atoms with Gasteiger partial charge in [-0.3, -0.25) is 0 Å². The van der Waals surface area contributed by atoms with Gasteiger partial charge < -0.3 is 15.0 Å². The fourth-order valence-electron chi connectivity index (χ4n) is 2.63. The molecule has 2 aromatic rings. The highest BCUT2D eigenvalue weighted by atomic mass is 79.9. The van der Waals surface area contributed by atoms with Crippen molar-refractivity contribution >= 4 is 15.9 Å². The fraction of sp³-hybridized carbons (Fsp3) is 0.333. The molecule has 1 aliphatic heterocycles. The molecule has 2 N–H and O–H groups in total. The maximum atomic E-state index is 5.99. The van der Waals surface area contributed by atoms with Gasteiger partial charge in [0.15, 0.2) is 0 Å². The summed E-state index contributed by atoms with van der Waals surface area (Å²) in [6.07, 6.45) is 3.06. The Morgan fingerprint density at radius 3 is 3.11 bits per heavy atom. The van der Waals surface area contributed by atoms with Crippen molar-refractivity contribution in [2.24, 2.45) is 5.73 Å². The minimum atomic E-state index is 0.0381. The Labute approximate surface area is 121 Å². The summed E-state index contributed by atoms with van der Waals surface area (Å²) in [5, 5.41) is 0. The summed E-state index contributed by atoms with van der Waals surface area (Å²) in [6.45, 7) is 3.59. The Hall–Kier alpha value is -1.26. The zero-order valence-electron chi connectivity index (χ0n) is 10.9. The minimum absolute atomic E-state index is 0.0381. The molecule has 0 amide bonds. The highest BCUT2D eigenvalue weighted by Crippen LogP contribution is 2.33. The molecule has 0 saturated carbocycles. The Morgan fingerprint density at radius 2 is 2.32 bits per heavy atom. The van der Waals surface area contributed by atoms with Crippen molar-refractivity contribution in [3.05, 3.63) is 51.8 Å². The van der Waals surface area contributed by atoms with E-state index >= 15 is 0 Å². The maximum absolute atomic E-state index is 5.99. The van der Waals surface area contributed by atoms with Gasteiger partial charge in [0, 0.05) is 34.4 Å². The minimum Gasteiger partial charge on any atom is -0.493 e. The number of halogens is 1. The van der Waals surface area contributed by atoms with Gasteiger partial charge in [0.2, 0.25) is 0 Å². The second-order valence-electron chi connectivity index (χ2n) is 5.00. The molecule has 1 aromatic carbocycles. The lowest BCUT2D eigenvalue weighted by Gasteiger charge is -2.14. The van der Waals surface area contributed by atoms with Crippen LogP contribution in [0.4, 0.5) is 0 Å². The topological polar surface area (TPSA) is 40.2 Å². The molecular weight excluding hydrogens is 304 g/mol. The van der Waals surface area contributed by atoms with Gasteiger partial charge in [0.25, 0.3) is 0 Å². The number of hydrogen-bond acceptors (Lipinski definition) is 2. The summed E-state index contributed by atoms with van der Waals surface area (Å²) in [6, 6.07) is 8.43. The SMILES string of the molecule is CC(N)c1cccn1Cc1cc(Br)cc2c1OCC2. The molecule has 3 rings (SSSR count). The van der Waals surface area contributed by atoms with Crippen LogP contribution in [0.25, 0.3) is 0 Å². The van der Waals surface area contributed by atoms with E-state index in [1.54, 1.807) is 0 Å². The Morgan fingerprint density at radius 1 is 1.47 bits per heavy atom. The molecule has 0 bridgehead atoms. The van der Waals surface area contributed by atoms with Crippen LogP contribution in [0.15, 0.2) is 34.9 Å². The number of benzene rings is 1. The molecule has 2 heterocycles. The predicted molar refractivity (Wildman–Crippen MR) is 79.5 cm³/mol.